The van der Waals surface area contributed by atoms with Crippen LogP contribution in [0.2, 0.25) is 0 Å². The number of aromatic carboxylic acids is 1. The second-order valence-electron chi connectivity index (χ2n) is 4.44. The number of carboxylic acids is 1. The van der Waals surface area contributed by atoms with Gasteiger partial charge in [0.05, 0.1) is 5.69 Å². The van der Waals surface area contributed by atoms with Crippen LogP contribution in [0, 0.1) is 0 Å². The molecule has 88 valence electrons. The van der Waals surface area contributed by atoms with E-state index >= 15 is 0 Å². The zero-order valence-electron chi connectivity index (χ0n) is 9.49. The number of thiazole rings is 1. The van der Waals surface area contributed by atoms with Crippen molar-refractivity contribution in [1.82, 2.24) is 10.3 Å². The summed E-state index contributed by atoms with van der Waals surface area (Å²) >= 11 is 1.29. The summed E-state index contributed by atoms with van der Waals surface area (Å²) in [6.45, 7) is 4.64. The Morgan fingerprint density at radius 3 is 2.75 bits per heavy atom. The molecule has 1 heterocycles. The summed E-state index contributed by atoms with van der Waals surface area (Å²) in [5.74, 6) is -0.698. The van der Waals surface area contributed by atoms with Crippen molar-refractivity contribution in [2.75, 3.05) is 0 Å². The molecule has 1 aliphatic carbocycles. The van der Waals surface area contributed by atoms with Crippen molar-refractivity contribution >= 4 is 17.3 Å². The largest absolute Gasteiger partial charge is 0.477 e. The first-order valence-corrected chi connectivity index (χ1v) is 6.36. The van der Waals surface area contributed by atoms with Gasteiger partial charge in [-0.05, 0) is 18.8 Å². The van der Waals surface area contributed by atoms with Crippen molar-refractivity contribution in [3.8, 4) is 0 Å². The summed E-state index contributed by atoms with van der Waals surface area (Å²) in [4.78, 5) is 15.8. The molecular weight excluding hydrogens is 224 g/mol. The molecule has 16 heavy (non-hydrogen) atoms. The van der Waals surface area contributed by atoms with Gasteiger partial charge in [0.15, 0.2) is 0 Å². The highest BCUT2D eigenvalue weighted by molar-refractivity contribution is 7.13. The van der Waals surface area contributed by atoms with E-state index in [1.807, 2.05) is 13.8 Å². The molecule has 0 saturated heterocycles. The van der Waals surface area contributed by atoms with Crippen molar-refractivity contribution in [1.29, 1.82) is 0 Å². The van der Waals surface area contributed by atoms with Gasteiger partial charge in [-0.3, -0.25) is 0 Å². The van der Waals surface area contributed by atoms with E-state index in [0.717, 1.165) is 5.01 Å². The maximum Gasteiger partial charge on any atom is 0.347 e. The van der Waals surface area contributed by atoms with Gasteiger partial charge in [0.25, 0.3) is 0 Å². The topological polar surface area (TPSA) is 62.2 Å². The van der Waals surface area contributed by atoms with E-state index in [1.165, 1.54) is 24.2 Å². The Morgan fingerprint density at radius 2 is 2.31 bits per heavy atom. The summed E-state index contributed by atoms with van der Waals surface area (Å²) < 4.78 is 0. The summed E-state index contributed by atoms with van der Waals surface area (Å²) in [5.41, 5.74) is 0.713. The quantitative estimate of drug-likeness (QED) is 0.828. The fourth-order valence-electron chi connectivity index (χ4n) is 1.52. The number of nitrogens with one attached hydrogen (secondary N) is 1. The monoisotopic (exact) mass is 240 g/mol. The number of carboxylic acid groups (broad SMARTS) is 1. The number of rotatable bonds is 5. The highest BCUT2D eigenvalue weighted by Crippen LogP contribution is 2.26. The lowest BCUT2D eigenvalue weighted by Gasteiger charge is -2.00. The summed E-state index contributed by atoms with van der Waals surface area (Å²) in [6.07, 6.45) is 2.46. The number of nitrogens with zero attached hydrogens (tertiary/aromatic N) is 1. The Morgan fingerprint density at radius 1 is 1.62 bits per heavy atom. The predicted octanol–water partition coefficient (Wildman–Crippen LogP) is 2.22. The molecule has 5 heteroatoms. The summed E-state index contributed by atoms with van der Waals surface area (Å²) in [5, 5.41) is 13.3. The van der Waals surface area contributed by atoms with E-state index in [4.69, 9.17) is 5.11 Å². The van der Waals surface area contributed by atoms with Gasteiger partial charge < -0.3 is 10.4 Å². The Hall–Kier alpha value is -0.940. The lowest BCUT2D eigenvalue weighted by molar-refractivity contribution is 0.0700. The van der Waals surface area contributed by atoms with E-state index in [9.17, 15) is 4.79 Å². The van der Waals surface area contributed by atoms with Crippen molar-refractivity contribution in [3.63, 3.8) is 0 Å². The van der Waals surface area contributed by atoms with Crippen LogP contribution in [0.1, 0.15) is 53.0 Å². The third-order valence-corrected chi connectivity index (χ3v) is 3.62. The van der Waals surface area contributed by atoms with Crippen molar-refractivity contribution in [2.24, 2.45) is 0 Å². The molecule has 1 aromatic heterocycles. The number of hydrogen-bond donors (Lipinski definition) is 2. The van der Waals surface area contributed by atoms with Crippen LogP contribution in [0.25, 0.3) is 0 Å². The average molecular weight is 240 g/mol. The molecule has 2 rings (SSSR count). The highest BCUT2D eigenvalue weighted by atomic mass is 32.1. The van der Waals surface area contributed by atoms with Gasteiger partial charge in [0.1, 0.15) is 9.88 Å². The number of carbonyl (C=O) groups is 1. The molecule has 0 atom stereocenters. The van der Waals surface area contributed by atoms with Crippen LogP contribution in [0.3, 0.4) is 0 Å². The summed E-state index contributed by atoms with van der Waals surface area (Å²) in [7, 11) is 0. The average Bonchev–Trinajstić information content (AvgIpc) is 2.93. The molecule has 0 radical (unpaired) electrons. The molecule has 0 aromatic carbocycles. The third kappa shape index (κ3) is 2.59. The van der Waals surface area contributed by atoms with Crippen LogP contribution in [-0.2, 0) is 6.54 Å². The van der Waals surface area contributed by atoms with Gasteiger partial charge in [0.2, 0.25) is 0 Å². The molecule has 0 aliphatic heterocycles. The lowest BCUT2D eigenvalue weighted by atomic mass is 10.1. The smallest absolute Gasteiger partial charge is 0.347 e. The van der Waals surface area contributed by atoms with Crippen LogP contribution in [0.5, 0.6) is 0 Å². The SMILES string of the molecule is CC(C)c1nc(CNC2CC2)sc1C(=O)O. The Kier molecular flexibility index (Phi) is 3.25. The standard InChI is InChI=1S/C11H16N2O2S/c1-6(2)9-10(11(14)15)16-8(13-9)5-12-7-3-4-7/h6-7,12H,3-5H2,1-2H3,(H,14,15). The molecular formula is C11H16N2O2S. The van der Waals surface area contributed by atoms with E-state index < -0.39 is 5.97 Å². The van der Waals surface area contributed by atoms with Crippen LogP contribution < -0.4 is 5.32 Å². The normalized spacial score (nSPS) is 15.7. The van der Waals surface area contributed by atoms with Gasteiger partial charge in [-0.15, -0.1) is 11.3 Å². The van der Waals surface area contributed by atoms with E-state index in [0.29, 0.717) is 23.2 Å². The first-order valence-electron chi connectivity index (χ1n) is 5.54. The molecule has 0 spiro atoms. The Bertz CT molecular complexity index is 397. The number of aromatic nitrogens is 1. The van der Waals surface area contributed by atoms with Crippen LogP contribution >= 0.6 is 11.3 Å². The van der Waals surface area contributed by atoms with E-state index in [-0.39, 0.29) is 5.92 Å². The van der Waals surface area contributed by atoms with Crippen molar-refractivity contribution in [2.45, 2.75) is 45.2 Å². The van der Waals surface area contributed by atoms with Gasteiger partial charge in [-0.25, -0.2) is 9.78 Å². The van der Waals surface area contributed by atoms with Crippen molar-refractivity contribution < 1.29 is 9.90 Å². The third-order valence-electron chi connectivity index (χ3n) is 2.56. The maximum atomic E-state index is 11.0. The Balaban J connectivity index is 2.12. The highest BCUT2D eigenvalue weighted by Gasteiger charge is 2.23. The van der Waals surface area contributed by atoms with Gasteiger partial charge in [-0.2, -0.15) is 0 Å². The Labute approximate surface area is 98.7 Å². The fraction of sp³-hybridized carbons (Fsp3) is 0.636. The molecule has 1 fully saturated rings. The molecule has 2 N–H and O–H groups in total. The molecule has 0 unspecified atom stereocenters. The van der Waals surface area contributed by atoms with Gasteiger partial charge in [-0.1, -0.05) is 13.8 Å². The van der Waals surface area contributed by atoms with Crippen LogP contribution in [-0.4, -0.2) is 22.1 Å². The molecule has 0 amide bonds. The van der Waals surface area contributed by atoms with Gasteiger partial charge in [0, 0.05) is 12.6 Å². The first-order chi connectivity index (χ1) is 7.58. The molecule has 1 aliphatic rings. The minimum Gasteiger partial charge on any atom is -0.477 e. The van der Waals surface area contributed by atoms with Gasteiger partial charge >= 0.3 is 5.97 Å². The number of hydrogen-bond acceptors (Lipinski definition) is 4. The summed E-state index contributed by atoms with van der Waals surface area (Å²) in [6, 6.07) is 0.625. The first kappa shape index (κ1) is 11.5. The predicted molar refractivity (Wildman–Crippen MR) is 63.0 cm³/mol. The zero-order valence-corrected chi connectivity index (χ0v) is 10.3. The second-order valence-corrected chi connectivity index (χ2v) is 5.52. The van der Waals surface area contributed by atoms with Crippen LogP contribution in [0.4, 0.5) is 0 Å². The zero-order chi connectivity index (χ0) is 11.7. The molecule has 1 saturated carbocycles. The molecule has 4 nitrogen and oxygen atoms in total. The van der Waals surface area contributed by atoms with Crippen molar-refractivity contribution in [3.05, 3.63) is 15.6 Å². The minimum atomic E-state index is -0.862. The maximum absolute atomic E-state index is 11.0. The van der Waals surface area contributed by atoms with Crippen LogP contribution in [0.15, 0.2) is 0 Å². The molecule has 1 aromatic rings. The van der Waals surface area contributed by atoms with E-state index in [1.54, 1.807) is 0 Å². The lowest BCUT2D eigenvalue weighted by Crippen LogP contribution is -2.15. The molecule has 0 bridgehead atoms. The fourth-order valence-corrected chi connectivity index (χ4v) is 2.53. The second kappa shape index (κ2) is 4.51. The minimum absolute atomic E-state index is 0.164. The van der Waals surface area contributed by atoms with E-state index in [2.05, 4.69) is 10.3 Å².